The lowest BCUT2D eigenvalue weighted by Gasteiger charge is -2.43. The monoisotopic (exact) mass is 455 g/mol. The second kappa shape index (κ2) is 11.0. The molecular weight excluding hydrogens is 426 g/mol. The zero-order valence-electron chi connectivity index (χ0n) is 17.4. The van der Waals surface area contributed by atoms with Crippen LogP contribution in [0.25, 0.3) is 0 Å². The number of nitrogens with zero attached hydrogens (tertiary/aromatic N) is 1. The van der Waals surface area contributed by atoms with Gasteiger partial charge in [0.05, 0.1) is 18.8 Å². The molecule has 0 aromatic heterocycles. The average molecular weight is 455 g/mol. The third kappa shape index (κ3) is 5.27. The van der Waals surface area contributed by atoms with Gasteiger partial charge in [-0.2, -0.15) is 5.26 Å². The lowest BCUT2D eigenvalue weighted by Crippen LogP contribution is -2.61. The average Bonchev–Trinajstić information content (AvgIpc) is 2.81. The van der Waals surface area contributed by atoms with E-state index in [1.54, 1.807) is 37.3 Å². The zero-order chi connectivity index (χ0) is 23.4. The molecule has 178 valence electrons. The van der Waals surface area contributed by atoms with E-state index in [1.807, 2.05) is 6.07 Å². The predicted octanol–water partition coefficient (Wildman–Crippen LogP) is -1.69. The number of aliphatic hydroxyl groups excluding tert-OH is 6. The van der Waals surface area contributed by atoms with Crippen LogP contribution in [0.15, 0.2) is 30.3 Å². The lowest BCUT2D eigenvalue weighted by molar-refractivity contribution is -0.332. The van der Waals surface area contributed by atoms with Gasteiger partial charge in [-0.1, -0.05) is 37.3 Å². The van der Waals surface area contributed by atoms with E-state index in [0.29, 0.717) is 12.0 Å². The topological polar surface area (TPSA) is 182 Å². The van der Waals surface area contributed by atoms with Crippen molar-refractivity contribution in [2.45, 2.75) is 80.9 Å². The molecule has 11 atom stereocenters. The molecule has 2 fully saturated rings. The summed E-state index contributed by atoms with van der Waals surface area (Å²) in [5.74, 6) is 0. The van der Waals surface area contributed by atoms with E-state index < -0.39 is 74.1 Å². The van der Waals surface area contributed by atoms with Crippen LogP contribution < -0.4 is 0 Å². The highest BCUT2D eigenvalue weighted by molar-refractivity contribution is 5.22. The molecule has 0 aliphatic carbocycles. The lowest BCUT2D eigenvalue weighted by atomic mass is 9.97. The third-order valence-corrected chi connectivity index (χ3v) is 5.65. The van der Waals surface area contributed by atoms with Crippen LogP contribution in [-0.4, -0.2) is 98.7 Å². The summed E-state index contributed by atoms with van der Waals surface area (Å²) in [4.78, 5) is 0. The standard InChI is InChI=1S/C21H29NO10/c1-2-11-14(23)16(25)18(27)20(30-11)29-9-13-15(24)17(26)19(28)21(32-13)31-12(8-22)10-6-4-3-5-7-10/h3-7,11-21,23-28H,2,9H2,1H3/t11-,12?,13-,14-,15-,16+,17+,18-,19-,20-,21-/m1/s1. The maximum Gasteiger partial charge on any atom is 0.188 e. The Hall–Kier alpha value is -1.69. The number of hydrogen-bond acceptors (Lipinski definition) is 11. The first kappa shape index (κ1) is 24.9. The molecule has 11 nitrogen and oxygen atoms in total. The highest BCUT2D eigenvalue weighted by Crippen LogP contribution is 2.29. The summed E-state index contributed by atoms with van der Waals surface area (Å²) in [6, 6.07) is 10.4. The van der Waals surface area contributed by atoms with Crippen LogP contribution in [0.4, 0.5) is 0 Å². The maximum absolute atomic E-state index is 10.3. The number of benzene rings is 1. The van der Waals surface area contributed by atoms with Gasteiger partial charge in [-0.25, -0.2) is 0 Å². The van der Waals surface area contributed by atoms with Gasteiger partial charge in [0.25, 0.3) is 0 Å². The van der Waals surface area contributed by atoms with Crippen LogP contribution in [0.2, 0.25) is 0 Å². The van der Waals surface area contributed by atoms with Crippen LogP contribution in [0, 0.1) is 11.3 Å². The molecule has 2 saturated heterocycles. The molecule has 0 saturated carbocycles. The summed E-state index contributed by atoms with van der Waals surface area (Å²) in [7, 11) is 0. The van der Waals surface area contributed by atoms with E-state index in [1.165, 1.54) is 0 Å². The molecule has 11 heteroatoms. The molecule has 0 amide bonds. The summed E-state index contributed by atoms with van der Waals surface area (Å²) in [5, 5.41) is 70.3. The molecule has 2 aliphatic rings. The molecule has 2 heterocycles. The Morgan fingerprint density at radius 2 is 1.41 bits per heavy atom. The van der Waals surface area contributed by atoms with Crippen molar-refractivity contribution in [3.8, 4) is 6.07 Å². The fraction of sp³-hybridized carbons (Fsp3) is 0.667. The van der Waals surface area contributed by atoms with Crippen molar-refractivity contribution in [2.24, 2.45) is 0 Å². The van der Waals surface area contributed by atoms with Crippen LogP contribution in [0.1, 0.15) is 25.0 Å². The molecule has 2 aliphatic heterocycles. The predicted molar refractivity (Wildman–Crippen MR) is 105 cm³/mol. The van der Waals surface area contributed by atoms with Crippen molar-refractivity contribution in [2.75, 3.05) is 6.61 Å². The second-order valence-electron chi connectivity index (χ2n) is 7.83. The molecule has 1 unspecified atom stereocenters. The van der Waals surface area contributed by atoms with Gasteiger partial charge in [-0.05, 0) is 12.0 Å². The highest BCUT2D eigenvalue weighted by atomic mass is 16.7. The first-order chi connectivity index (χ1) is 15.3. The summed E-state index contributed by atoms with van der Waals surface area (Å²) >= 11 is 0. The maximum atomic E-state index is 10.3. The Balaban J connectivity index is 1.65. The first-order valence-electron chi connectivity index (χ1n) is 10.4. The van der Waals surface area contributed by atoms with Crippen molar-refractivity contribution in [3.05, 3.63) is 35.9 Å². The van der Waals surface area contributed by atoms with Crippen molar-refractivity contribution in [1.29, 1.82) is 5.26 Å². The van der Waals surface area contributed by atoms with E-state index in [9.17, 15) is 35.9 Å². The van der Waals surface area contributed by atoms with E-state index in [2.05, 4.69) is 0 Å². The Kier molecular flexibility index (Phi) is 8.54. The van der Waals surface area contributed by atoms with Crippen LogP contribution >= 0.6 is 0 Å². The zero-order valence-corrected chi connectivity index (χ0v) is 17.4. The highest BCUT2D eigenvalue weighted by Gasteiger charge is 2.47. The number of rotatable bonds is 7. The van der Waals surface area contributed by atoms with E-state index in [4.69, 9.17) is 18.9 Å². The number of hydrogen-bond donors (Lipinski definition) is 6. The Bertz CT molecular complexity index is 759. The minimum Gasteiger partial charge on any atom is -0.388 e. The van der Waals surface area contributed by atoms with Crippen LogP contribution in [-0.2, 0) is 18.9 Å². The fourth-order valence-electron chi connectivity index (χ4n) is 3.69. The van der Waals surface area contributed by atoms with E-state index >= 15 is 0 Å². The molecule has 1 aromatic rings. The summed E-state index contributed by atoms with van der Waals surface area (Å²) < 4.78 is 22.0. The van der Waals surface area contributed by atoms with Gasteiger partial charge < -0.3 is 49.6 Å². The van der Waals surface area contributed by atoms with Gasteiger partial charge in [-0.3, -0.25) is 0 Å². The third-order valence-electron chi connectivity index (χ3n) is 5.65. The number of ether oxygens (including phenoxy) is 4. The largest absolute Gasteiger partial charge is 0.388 e. The summed E-state index contributed by atoms with van der Waals surface area (Å²) in [6.45, 7) is 1.32. The summed E-state index contributed by atoms with van der Waals surface area (Å²) in [5.41, 5.74) is 0.510. The first-order valence-corrected chi connectivity index (χ1v) is 10.4. The second-order valence-corrected chi connectivity index (χ2v) is 7.83. The molecule has 3 rings (SSSR count). The minimum absolute atomic E-state index is 0.350. The Morgan fingerprint density at radius 3 is 2.00 bits per heavy atom. The molecule has 0 bridgehead atoms. The fourth-order valence-corrected chi connectivity index (χ4v) is 3.69. The molecule has 0 radical (unpaired) electrons. The summed E-state index contributed by atoms with van der Waals surface area (Å²) in [6.07, 6.45) is -14.7. The van der Waals surface area contributed by atoms with Crippen molar-refractivity contribution < 1.29 is 49.6 Å². The van der Waals surface area contributed by atoms with Gasteiger partial charge in [-0.15, -0.1) is 0 Å². The van der Waals surface area contributed by atoms with Gasteiger partial charge >= 0.3 is 0 Å². The van der Waals surface area contributed by atoms with Crippen molar-refractivity contribution in [1.82, 2.24) is 0 Å². The molecule has 1 aromatic carbocycles. The Morgan fingerprint density at radius 1 is 0.844 bits per heavy atom. The normalized spacial score (nSPS) is 41.1. The van der Waals surface area contributed by atoms with E-state index in [0.717, 1.165) is 0 Å². The SMILES string of the molecule is CC[C@H]1O[C@@H](OC[C@H]2O[C@@H](OC(C#N)c3ccccc3)[C@H](O)[C@@H](O)[C@@H]2O)[C@H](O)[C@@H](O)[C@@H]1O. The van der Waals surface area contributed by atoms with Gasteiger partial charge in [0.15, 0.2) is 18.7 Å². The minimum atomic E-state index is -1.66. The number of nitriles is 1. The molecule has 32 heavy (non-hydrogen) atoms. The van der Waals surface area contributed by atoms with E-state index in [-0.39, 0.29) is 0 Å². The van der Waals surface area contributed by atoms with Gasteiger partial charge in [0.2, 0.25) is 0 Å². The van der Waals surface area contributed by atoms with Gasteiger partial charge in [0, 0.05) is 0 Å². The molecule has 6 N–H and O–H groups in total. The van der Waals surface area contributed by atoms with Crippen molar-refractivity contribution >= 4 is 0 Å². The number of aliphatic hydroxyl groups is 6. The molecular formula is C21H29NO10. The van der Waals surface area contributed by atoms with Crippen LogP contribution in [0.3, 0.4) is 0 Å². The molecule has 0 spiro atoms. The smallest absolute Gasteiger partial charge is 0.188 e. The quantitative estimate of drug-likeness (QED) is 0.276. The van der Waals surface area contributed by atoms with Crippen molar-refractivity contribution in [3.63, 3.8) is 0 Å². The van der Waals surface area contributed by atoms with Crippen LogP contribution in [0.5, 0.6) is 0 Å². The van der Waals surface area contributed by atoms with Gasteiger partial charge in [0.1, 0.15) is 42.7 Å². The Labute approximate surface area is 185 Å².